The van der Waals surface area contributed by atoms with Crippen LogP contribution in [0.1, 0.15) is 0 Å². The standard InChI is InChI=1S/C34H36FN7O2/c1-40(2)10-12-43-26-15-23(14-25(35)18-26)28-8-9-37-34-29(28)19-31(38-34)33-30-17-22(6-7-32(30)42(5)39-33)24-16-27(21-36-20-24)44-13-11-41(3)4/h6-9,14-21H,10-13H2,1-5H3,(H,37,38). The Bertz CT molecular complexity index is 1930. The number of ether oxygens (including phenoxy) is 2. The zero-order valence-corrected chi connectivity index (χ0v) is 25.6. The molecule has 226 valence electrons. The second-order valence-electron chi connectivity index (χ2n) is 11.4. The Morgan fingerprint density at radius 2 is 1.55 bits per heavy atom. The SMILES string of the molecule is CN(C)CCOc1cncc(-c2ccc3c(c2)c(-c2cc4c(-c5cc(F)cc(OCCN(C)C)c5)ccnc4[nH]2)nn3C)c1. The van der Waals surface area contributed by atoms with Crippen LogP contribution in [0.15, 0.2) is 73.2 Å². The molecule has 0 aliphatic heterocycles. The van der Waals surface area contributed by atoms with Crippen molar-refractivity contribution in [3.63, 3.8) is 0 Å². The fourth-order valence-corrected chi connectivity index (χ4v) is 5.20. The highest BCUT2D eigenvalue weighted by Gasteiger charge is 2.17. The third kappa shape index (κ3) is 6.27. The van der Waals surface area contributed by atoms with E-state index in [0.29, 0.717) is 24.6 Å². The molecule has 0 saturated carbocycles. The van der Waals surface area contributed by atoms with E-state index < -0.39 is 0 Å². The minimum atomic E-state index is -0.354. The van der Waals surface area contributed by atoms with Crippen LogP contribution in [0.25, 0.3) is 55.6 Å². The van der Waals surface area contributed by atoms with Crippen LogP contribution in [0.4, 0.5) is 4.39 Å². The van der Waals surface area contributed by atoms with Gasteiger partial charge in [-0.2, -0.15) is 5.10 Å². The number of hydrogen-bond acceptors (Lipinski definition) is 7. The Morgan fingerprint density at radius 1 is 0.795 bits per heavy atom. The third-order valence-electron chi connectivity index (χ3n) is 7.48. The van der Waals surface area contributed by atoms with Crippen molar-refractivity contribution in [3.05, 3.63) is 79.0 Å². The first-order valence-electron chi connectivity index (χ1n) is 14.5. The van der Waals surface area contributed by atoms with E-state index in [9.17, 15) is 4.39 Å². The molecule has 0 radical (unpaired) electrons. The Kier molecular flexibility index (Phi) is 8.28. The first-order valence-corrected chi connectivity index (χ1v) is 14.5. The second-order valence-corrected chi connectivity index (χ2v) is 11.4. The molecular formula is C34H36FN7O2. The lowest BCUT2D eigenvalue weighted by Crippen LogP contribution is -2.19. The van der Waals surface area contributed by atoms with Crippen molar-refractivity contribution in [2.75, 3.05) is 54.5 Å². The van der Waals surface area contributed by atoms with Gasteiger partial charge in [0.05, 0.1) is 17.4 Å². The number of nitrogens with one attached hydrogen (secondary N) is 1. The summed E-state index contributed by atoms with van der Waals surface area (Å²) in [6, 6.07) is 17.0. The van der Waals surface area contributed by atoms with Crippen molar-refractivity contribution in [2.24, 2.45) is 7.05 Å². The number of rotatable bonds is 11. The predicted octanol–water partition coefficient (Wildman–Crippen LogP) is 5.87. The molecule has 9 nitrogen and oxygen atoms in total. The van der Waals surface area contributed by atoms with Crippen molar-refractivity contribution >= 4 is 21.9 Å². The monoisotopic (exact) mass is 593 g/mol. The zero-order chi connectivity index (χ0) is 30.8. The lowest BCUT2D eigenvalue weighted by atomic mass is 10.0. The smallest absolute Gasteiger partial charge is 0.138 e. The molecule has 0 aliphatic carbocycles. The van der Waals surface area contributed by atoms with E-state index in [-0.39, 0.29) is 5.82 Å². The number of hydrogen-bond donors (Lipinski definition) is 1. The van der Waals surface area contributed by atoms with E-state index in [1.54, 1.807) is 12.4 Å². The number of fused-ring (bicyclic) bond motifs is 2. The summed E-state index contributed by atoms with van der Waals surface area (Å²) in [4.78, 5) is 16.5. The summed E-state index contributed by atoms with van der Waals surface area (Å²) in [6.45, 7) is 2.61. The Morgan fingerprint density at radius 3 is 2.32 bits per heavy atom. The van der Waals surface area contributed by atoms with Crippen LogP contribution >= 0.6 is 0 Å². The van der Waals surface area contributed by atoms with E-state index in [0.717, 1.165) is 68.8 Å². The van der Waals surface area contributed by atoms with Gasteiger partial charge in [-0.3, -0.25) is 9.67 Å². The number of aromatic nitrogens is 5. The number of halogens is 1. The van der Waals surface area contributed by atoms with Gasteiger partial charge in [0, 0.05) is 54.9 Å². The van der Waals surface area contributed by atoms with E-state index >= 15 is 0 Å². The summed E-state index contributed by atoms with van der Waals surface area (Å²) < 4.78 is 28.3. The molecule has 0 atom stereocenters. The first kappa shape index (κ1) is 29.3. The lowest BCUT2D eigenvalue weighted by molar-refractivity contribution is 0.260. The minimum Gasteiger partial charge on any atom is -0.492 e. The van der Waals surface area contributed by atoms with Gasteiger partial charge < -0.3 is 24.3 Å². The molecule has 6 aromatic rings. The molecule has 0 aliphatic rings. The summed E-state index contributed by atoms with van der Waals surface area (Å²) in [6.07, 6.45) is 5.30. The maximum Gasteiger partial charge on any atom is 0.138 e. The van der Waals surface area contributed by atoms with Gasteiger partial charge in [0.15, 0.2) is 0 Å². The Hall–Kier alpha value is -4.80. The van der Waals surface area contributed by atoms with E-state index in [1.165, 1.54) is 12.1 Å². The first-order chi connectivity index (χ1) is 21.2. The van der Waals surface area contributed by atoms with Gasteiger partial charge in [-0.15, -0.1) is 0 Å². The molecule has 1 N–H and O–H groups in total. The number of likely N-dealkylation sites (N-methyl/N-ethyl adjacent to an activating group) is 2. The average Bonchev–Trinajstić information content (AvgIpc) is 3.57. The molecule has 0 amide bonds. The van der Waals surface area contributed by atoms with Gasteiger partial charge in [-0.1, -0.05) is 6.07 Å². The number of aryl methyl sites for hydroxylation is 1. The molecule has 2 aromatic carbocycles. The molecular weight excluding hydrogens is 557 g/mol. The van der Waals surface area contributed by atoms with Crippen LogP contribution in [0.5, 0.6) is 11.5 Å². The largest absolute Gasteiger partial charge is 0.492 e. The summed E-state index contributed by atoms with van der Waals surface area (Å²) in [5.74, 6) is 0.870. The van der Waals surface area contributed by atoms with Crippen LogP contribution in [-0.2, 0) is 7.05 Å². The second kappa shape index (κ2) is 12.4. The van der Waals surface area contributed by atoms with Crippen LogP contribution < -0.4 is 9.47 Å². The summed E-state index contributed by atoms with van der Waals surface area (Å²) in [5.41, 5.74) is 6.84. The van der Waals surface area contributed by atoms with E-state index in [4.69, 9.17) is 14.6 Å². The van der Waals surface area contributed by atoms with Crippen LogP contribution in [0, 0.1) is 5.82 Å². The molecule has 4 heterocycles. The van der Waals surface area contributed by atoms with Gasteiger partial charge in [-0.05, 0) is 87.3 Å². The molecule has 0 spiro atoms. The van der Waals surface area contributed by atoms with Crippen LogP contribution in [0.2, 0.25) is 0 Å². The quantitative estimate of drug-likeness (QED) is 0.201. The van der Waals surface area contributed by atoms with Gasteiger partial charge in [0.25, 0.3) is 0 Å². The minimum absolute atomic E-state index is 0.354. The summed E-state index contributed by atoms with van der Waals surface area (Å²) >= 11 is 0. The maximum atomic E-state index is 14.7. The number of benzene rings is 2. The Labute approximate surface area is 255 Å². The van der Waals surface area contributed by atoms with Gasteiger partial charge >= 0.3 is 0 Å². The van der Waals surface area contributed by atoms with Gasteiger partial charge in [0.2, 0.25) is 0 Å². The molecule has 0 bridgehead atoms. The number of aromatic amines is 1. The molecule has 6 rings (SSSR count). The van der Waals surface area contributed by atoms with Crippen molar-refractivity contribution in [1.82, 2.24) is 34.5 Å². The maximum absolute atomic E-state index is 14.7. The van der Waals surface area contributed by atoms with E-state index in [2.05, 4.69) is 38.1 Å². The highest BCUT2D eigenvalue weighted by molar-refractivity contribution is 6.01. The molecule has 0 fully saturated rings. The predicted molar refractivity (Wildman–Crippen MR) is 173 cm³/mol. The number of H-pyrrole nitrogens is 1. The van der Waals surface area contributed by atoms with Crippen LogP contribution in [-0.4, -0.2) is 89.0 Å². The molecule has 44 heavy (non-hydrogen) atoms. The molecule has 0 saturated heterocycles. The summed E-state index contributed by atoms with van der Waals surface area (Å²) in [5, 5.41) is 6.73. The highest BCUT2D eigenvalue weighted by atomic mass is 19.1. The molecule has 10 heteroatoms. The Balaban J connectivity index is 1.36. The number of pyridine rings is 2. The fourth-order valence-electron chi connectivity index (χ4n) is 5.20. The molecule has 0 unspecified atom stereocenters. The average molecular weight is 594 g/mol. The third-order valence-corrected chi connectivity index (χ3v) is 7.48. The van der Waals surface area contributed by atoms with Crippen LogP contribution in [0.3, 0.4) is 0 Å². The number of nitrogens with zero attached hydrogens (tertiary/aromatic N) is 6. The topological polar surface area (TPSA) is 84.3 Å². The molecule has 4 aromatic heterocycles. The lowest BCUT2D eigenvalue weighted by Gasteiger charge is -2.12. The van der Waals surface area contributed by atoms with Crippen molar-refractivity contribution in [3.8, 4) is 45.1 Å². The normalized spacial score (nSPS) is 11.7. The zero-order valence-electron chi connectivity index (χ0n) is 25.6. The van der Waals surface area contributed by atoms with Gasteiger partial charge in [0.1, 0.15) is 41.9 Å². The van der Waals surface area contributed by atoms with Gasteiger partial charge in [-0.25, -0.2) is 9.37 Å². The highest BCUT2D eigenvalue weighted by Crippen LogP contribution is 2.36. The van der Waals surface area contributed by atoms with Crippen molar-refractivity contribution in [1.29, 1.82) is 0 Å². The van der Waals surface area contributed by atoms with E-state index in [1.807, 2.05) is 75.3 Å². The summed E-state index contributed by atoms with van der Waals surface area (Å²) in [7, 11) is 9.92. The van der Waals surface area contributed by atoms with Crippen molar-refractivity contribution < 1.29 is 13.9 Å². The van der Waals surface area contributed by atoms with Crippen molar-refractivity contribution in [2.45, 2.75) is 0 Å². The fraction of sp³-hybridized carbons (Fsp3) is 0.265.